The van der Waals surface area contributed by atoms with Crippen molar-refractivity contribution in [3.05, 3.63) is 0 Å². The van der Waals surface area contributed by atoms with Gasteiger partial charge in [-0.3, -0.25) is 0 Å². The Morgan fingerprint density at radius 1 is 1.11 bits per heavy atom. The highest BCUT2D eigenvalue weighted by Gasteiger charge is 2.56. The SMILES string of the molecule is CC(C)NCCC12CC3CC(CC(CN)(C3)C1)C2. The quantitative estimate of drug-likeness (QED) is 0.787. The maximum Gasteiger partial charge on any atom is 0.00103 e. The molecule has 0 heterocycles. The molecule has 0 aromatic rings. The second-order valence-corrected chi connectivity index (χ2v) is 8.02. The Morgan fingerprint density at radius 3 is 2.28 bits per heavy atom. The molecule has 0 aliphatic heterocycles. The van der Waals surface area contributed by atoms with Crippen molar-refractivity contribution in [2.75, 3.05) is 13.1 Å². The summed E-state index contributed by atoms with van der Waals surface area (Å²) < 4.78 is 0. The lowest BCUT2D eigenvalue weighted by atomic mass is 9.43. The molecule has 0 aromatic heterocycles. The molecule has 4 rings (SSSR count). The molecule has 4 aliphatic rings. The molecule has 4 fully saturated rings. The minimum atomic E-state index is 0.544. The van der Waals surface area contributed by atoms with E-state index in [4.69, 9.17) is 5.73 Å². The zero-order valence-electron chi connectivity index (χ0n) is 12.2. The third kappa shape index (κ3) is 2.22. The zero-order chi connectivity index (χ0) is 12.8. The van der Waals surface area contributed by atoms with Crippen molar-refractivity contribution in [1.29, 1.82) is 0 Å². The summed E-state index contributed by atoms with van der Waals surface area (Å²) in [5.74, 6) is 2.02. The first kappa shape index (κ1) is 12.9. The molecule has 0 spiro atoms. The molecule has 4 bridgehead atoms. The van der Waals surface area contributed by atoms with Crippen LogP contribution in [-0.4, -0.2) is 19.1 Å². The van der Waals surface area contributed by atoms with Gasteiger partial charge in [0.2, 0.25) is 0 Å². The van der Waals surface area contributed by atoms with E-state index in [1.807, 2.05) is 0 Å². The molecule has 4 aliphatic carbocycles. The summed E-state index contributed by atoms with van der Waals surface area (Å²) in [6.45, 7) is 6.65. The van der Waals surface area contributed by atoms with Gasteiger partial charge in [0.25, 0.3) is 0 Å². The third-order valence-corrected chi connectivity index (χ3v) is 5.94. The number of rotatable bonds is 5. The minimum Gasteiger partial charge on any atom is -0.330 e. The first-order valence-electron chi connectivity index (χ1n) is 7.98. The van der Waals surface area contributed by atoms with Crippen LogP contribution in [0.5, 0.6) is 0 Å². The van der Waals surface area contributed by atoms with E-state index >= 15 is 0 Å². The van der Waals surface area contributed by atoms with Crippen LogP contribution in [0.1, 0.15) is 58.8 Å². The average Bonchev–Trinajstić information content (AvgIpc) is 2.26. The van der Waals surface area contributed by atoms with Crippen LogP contribution in [0.25, 0.3) is 0 Å². The van der Waals surface area contributed by atoms with Gasteiger partial charge in [0, 0.05) is 6.04 Å². The van der Waals surface area contributed by atoms with Crippen LogP contribution < -0.4 is 11.1 Å². The van der Waals surface area contributed by atoms with E-state index in [1.165, 1.54) is 51.5 Å². The predicted molar refractivity (Wildman–Crippen MR) is 76.4 cm³/mol. The summed E-state index contributed by atoms with van der Waals surface area (Å²) in [6.07, 6.45) is 10.2. The van der Waals surface area contributed by atoms with Crippen LogP contribution in [0.2, 0.25) is 0 Å². The molecule has 2 nitrogen and oxygen atoms in total. The average molecular weight is 250 g/mol. The summed E-state index contributed by atoms with van der Waals surface area (Å²) in [5, 5.41) is 3.62. The van der Waals surface area contributed by atoms with E-state index in [-0.39, 0.29) is 0 Å². The number of nitrogens with two attached hydrogens (primary N) is 1. The maximum absolute atomic E-state index is 6.15. The van der Waals surface area contributed by atoms with E-state index in [0.29, 0.717) is 16.9 Å². The van der Waals surface area contributed by atoms with E-state index in [1.54, 1.807) is 0 Å². The topological polar surface area (TPSA) is 38.0 Å². The Kier molecular flexibility index (Phi) is 3.22. The smallest absolute Gasteiger partial charge is 0.00103 e. The number of nitrogens with one attached hydrogen (secondary N) is 1. The summed E-state index contributed by atoms with van der Waals surface area (Å²) in [5.41, 5.74) is 7.35. The predicted octanol–water partition coefficient (Wildman–Crippen LogP) is 2.92. The lowest BCUT2D eigenvalue weighted by Crippen LogP contribution is -2.55. The Bertz CT molecular complexity index is 296. The normalized spacial score (nSPS) is 46.0. The van der Waals surface area contributed by atoms with Crippen LogP contribution in [0, 0.1) is 22.7 Å². The second kappa shape index (κ2) is 4.49. The van der Waals surface area contributed by atoms with Gasteiger partial charge in [-0.25, -0.2) is 0 Å². The molecule has 0 aromatic carbocycles. The Balaban J connectivity index is 1.69. The van der Waals surface area contributed by atoms with Crippen molar-refractivity contribution in [3.63, 3.8) is 0 Å². The molecule has 104 valence electrons. The molecule has 0 radical (unpaired) electrons. The van der Waals surface area contributed by atoms with Gasteiger partial charge in [0.15, 0.2) is 0 Å². The highest BCUT2D eigenvalue weighted by molar-refractivity contribution is 5.07. The molecule has 4 saturated carbocycles. The zero-order valence-corrected chi connectivity index (χ0v) is 12.2. The fraction of sp³-hybridized carbons (Fsp3) is 1.00. The molecular weight excluding hydrogens is 220 g/mol. The van der Waals surface area contributed by atoms with Crippen LogP contribution in [0.4, 0.5) is 0 Å². The highest BCUT2D eigenvalue weighted by Crippen LogP contribution is 2.65. The molecule has 18 heavy (non-hydrogen) atoms. The molecule has 3 N–H and O–H groups in total. The van der Waals surface area contributed by atoms with Crippen LogP contribution in [-0.2, 0) is 0 Å². The van der Waals surface area contributed by atoms with Gasteiger partial charge in [0.1, 0.15) is 0 Å². The maximum atomic E-state index is 6.15. The van der Waals surface area contributed by atoms with Crippen molar-refractivity contribution in [2.45, 2.75) is 64.8 Å². The van der Waals surface area contributed by atoms with Gasteiger partial charge >= 0.3 is 0 Å². The monoisotopic (exact) mass is 250 g/mol. The molecule has 2 atom stereocenters. The summed E-state index contributed by atoms with van der Waals surface area (Å²) >= 11 is 0. The molecule has 0 saturated heterocycles. The summed E-state index contributed by atoms with van der Waals surface area (Å²) in [4.78, 5) is 0. The largest absolute Gasteiger partial charge is 0.330 e. The fourth-order valence-corrected chi connectivity index (χ4v) is 5.81. The fourth-order valence-electron chi connectivity index (χ4n) is 5.81. The minimum absolute atomic E-state index is 0.544. The van der Waals surface area contributed by atoms with Crippen molar-refractivity contribution in [3.8, 4) is 0 Å². The van der Waals surface area contributed by atoms with Crippen molar-refractivity contribution < 1.29 is 0 Å². The summed E-state index contributed by atoms with van der Waals surface area (Å²) in [6, 6.07) is 0.627. The van der Waals surface area contributed by atoms with Crippen molar-refractivity contribution >= 4 is 0 Å². The molecular formula is C16H30N2. The van der Waals surface area contributed by atoms with Crippen LogP contribution in [0.3, 0.4) is 0 Å². The van der Waals surface area contributed by atoms with Crippen LogP contribution in [0.15, 0.2) is 0 Å². The highest BCUT2D eigenvalue weighted by atomic mass is 14.9. The first-order valence-corrected chi connectivity index (χ1v) is 7.98. The number of hydrogen-bond acceptors (Lipinski definition) is 2. The van der Waals surface area contributed by atoms with Crippen LogP contribution >= 0.6 is 0 Å². The first-order chi connectivity index (χ1) is 8.55. The van der Waals surface area contributed by atoms with Crippen molar-refractivity contribution in [2.24, 2.45) is 28.4 Å². The molecule has 0 amide bonds. The van der Waals surface area contributed by atoms with Gasteiger partial charge in [0.05, 0.1) is 0 Å². The second-order valence-electron chi connectivity index (χ2n) is 8.02. The van der Waals surface area contributed by atoms with Gasteiger partial charge < -0.3 is 11.1 Å². The van der Waals surface area contributed by atoms with Gasteiger partial charge in [-0.15, -0.1) is 0 Å². The van der Waals surface area contributed by atoms with E-state index in [0.717, 1.165) is 18.4 Å². The lowest BCUT2D eigenvalue weighted by Gasteiger charge is -2.62. The molecule has 2 unspecified atom stereocenters. The standard InChI is InChI=1S/C16H30N2/c1-12(2)18-4-3-15-6-13-5-14(7-15)9-16(8-13,10-15)11-17/h12-14,18H,3-11,17H2,1-2H3. The Hall–Kier alpha value is -0.0800. The van der Waals surface area contributed by atoms with Crippen molar-refractivity contribution in [1.82, 2.24) is 5.32 Å². The Labute approximate surface area is 112 Å². The van der Waals surface area contributed by atoms with E-state index in [9.17, 15) is 0 Å². The number of hydrogen-bond donors (Lipinski definition) is 2. The molecule has 2 heteroatoms. The van der Waals surface area contributed by atoms with E-state index < -0.39 is 0 Å². The van der Waals surface area contributed by atoms with E-state index in [2.05, 4.69) is 19.2 Å². The lowest BCUT2D eigenvalue weighted by molar-refractivity contribution is -0.109. The van der Waals surface area contributed by atoms with Gasteiger partial charge in [-0.2, -0.15) is 0 Å². The summed E-state index contributed by atoms with van der Waals surface area (Å²) in [7, 11) is 0. The third-order valence-electron chi connectivity index (χ3n) is 5.94. The van der Waals surface area contributed by atoms with Gasteiger partial charge in [-0.1, -0.05) is 13.8 Å². The Morgan fingerprint density at radius 2 is 1.72 bits per heavy atom. The van der Waals surface area contributed by atoms with Gasteiger partial charge in [-0.05, 0) is 80.7 Å².